The zero-order valence-corrected chi connectivity index (χ0v) is 14.5. The van der Waals surface area contributed by atoms with Crippen LogP contribution in [-0.4, -0.2) is 51.5 Å². The molecule has 1 saturated heterocycles. The van der Waals surface area contributed by atoms with Crippen LogP contribution in [0.5, 0.6) is 0 Å². The fraction of sp³-hybridized carbons (Fsp3) is 0.800. The normalized spacial score (nSPS) is 22.5. The van der Waals surface area contributed by atoms with Crippen molar-refractivity contribution in [3.8, 4) is 0 Å². The summed E-state index contributed by atoms with van der Waals surface area (Å²) in [7, 11) is -3.40. The van der Waals surface area contributed by atoms with Crippen LogP contribution in [-0.2, 0) is 23.3 Å². The van der Waals surface area contributed by atoms with E-state index in [0.717, 1.165) is 31.4 Å². The molecule has 1 fully saturated rings. The van der Waals surface area contributed by atoms with E-state index in [1.807, 2.05) is 17.7 Å². The number of aliphatic hydroxyl groups excluding tert-OH is 1. The Balaban J connectivity index is 1.76. The lowest BCUT2D eigenvalue weighted by molar-refractivity contribution is 0.167. The number of aromatic nitrogens is 2. The smallest absolute Gasteiger partial charge is 0.282 e. The van der Waals surface area contributed by atoms with Gasteiger partial charge in [-0.1, -0.05) is 19.8 Å². The third-order valence-electron chi connectivity index (χ3n) is 4.73. The first-order valence-corrected chi connectivity index (χ1v) is 9.92. The number of hydrogen-bond donors (Lipinski definition) is 1. The summed E-state index contributed by atoms with van der Waals surface area (Å²) in [4.78, 5) is 0. The lowest BCUT2D eigenvalue weighted by Crippen LogP contribution is -2.47. The summed E-state index contributed by atoms with van der Waals surface area (Å²) in [5.41, 5.74) is 1.49. The summed E-state index contributed by atoms with van der Waals surface area (Å²) in [5, 5.41) is 14.3. The molecule has 0 unspecified atom stereocenters. The first-order valence-electron chi connectivity index (χ1n) is 8.52. The standard InChI is InChI=1S/C15H26N4O3S/c1-2-15(20)14-11-13-12-18(9-10-19(13)16-14)23(21,22)17-7-5-3-4-6-8-17/h11,15,20H,2-10,12H2,1H3/t15-/m1/s1. The highest BCUT2D eigenvalue weighted by molar-refractivity contribution is 7.86. The van der Waals surface area contributed by atoms with Crippen LogP contribution in [0.2, 0.25) is 0 Å². The van der Waals surface area contributed by atoms with Gasteiger partial charge in [0.05, 0.1) is 30.6 Å². The van der Waals surface area contributed by atoms with Crippen molar-refractivity contribution >= 4 is 10.2 Å². The number of fused-ring (bicyclic) bond motifs is 1. The molecule has 0 radical (unpaired) electrons. The van der Waals surface area contributed by atoms with Crippen molar-refractivity contribution in [1.82, 2.24) is 18.4 Å². The fourth-order valence-corrected chi connectivity index (χ4v) is 4.92. The van der Waals surface area contributed by atoms with Crippen molar-refractivity contribution in [3.05, 3.63) is 17.5 Å². The van der Waals surface area contributed by atoms with Gasteiger partial charge in [-0.2, -0.15) is 22.1 Å². The number of nitrogens with zero attached hydrogens (tertiary/aromatic N) is 4. The van der Waals surface area contributed by atoms with Crippen molar-refractivity contribution in [1.29, 1.82) is 0 Å². The zero-order valence-electron chi connectivity index (χ0n) is 13.7. The van der Waals surface area contributed by atoms with Crippen LogP contribution in [0.1, 0.15) is 56.5 Å². The zero-order chi connectivity index (χ0) is 16.4. The van der Waals surface area contributed by atoms with Gasteiger partial charge in [0, 0.05) is 19.6 Å². The summed E-state index contributed by atoms with van der Waals surface area (Å²) in [6.07, 6.45) is 4.12. The van der Waals surface area contributed by atoms with E-state index in [-0.39, 0.29) is 0 Å². The lowest BCUT2D eigenvalue weighted by Gasteiger charge is -2.31. The fourth-order valence-electron chi connectivity index (χ4n) is 3.27. The summed E-state index contributed by atoms with van der Waals surface area (Å²) in [6, 6.07) is 1.83. The summed E-state index contributed by atoms with van der Waals surface area (Å²) in [5.74, 6) is 0. The quantitative estimate of drug-likeness (QED) is 0.893. The molecule has 0 aromatic carbocycles. The number of hydrogen-bond acceptors (Lipinski definition) is 4. The van der Waals surface area contributed by atoms with E-state index in [1.54, 1.807) is 8.61 Å². The van der Waals surface area contributed by atoms with Gasteiger partial charge in [-0.15, -0.1) is 0 Å². The molecule has 3 heterocycles. The van der Waals surface area contributed by atoms with Gasteiger partial charge >= 0.3 is 0 Å². The Hall–Kier alpha value is -0.960. The molecule has 0 aliphatic carbocycles. The Morgan fingerprint density at radius 3 is 2.48 bits per heavy atom. The van der Waals surface area contributed by atoms with E-state index in [1.165, 1.54) is 0 Å². The summed E-state index contributed by atoms with van der Waals surface area (Å²) < 4.78 is 30.8. The van der Waals surface area contributed by atoms with Crippen molar-refractivity contribution in [2.45, 2.75) is 58.2 Å². The molecule has 1 N–H and O–H groups in total. The molecule has 0 bridgehead atoms. The van der Waals surface area contributed by atoms with E-state index in [4.69, 9.17) is 0 Å². The SMILES string of the molecule is CC[C@@H](O)c1cc2n(n1)CCN(S(=O)(=O)N1CCCCCC1)C2. The molecule has 8 heteroatoms. The predicted molar refractivity (Wildman–Crippen MR) is 86.8 cm³/mol. The minimum Gasteiger partial charge on any atom is -0.387 e. The van der Waals surface area contributed by atoms with Crippen LogP contribution in [0.3, 0.4) is 0 Å². The van der Waals surface area contributed by atoms with Gasteiger partial charge in [0.2, 0.25) is 0 Å². The second kappa shape index (κ2) is 6.88. The van der Waals surface area contributed by atoms with Crippen LogP contribution in [0.25, 0.3) is 0 Å². The third-order valence-corrected chi connectivity index (χ3v) is 6.71. The Bertz CT molecular complexity index is 635. The molecule has 0 amide bonds. The van der Waals surface area contributed by atoms with Crippen LogP contribution >= 0.6 is 0 Å². The second-order valence-corrected chi connectivity index (χ2v) is 8.29. The van der Waals surface area contributed by atoms with Gasteiger partial charge in [0.25, 0.3) is 10.2 Å². The summed E-state index contributed by atoms with van der Waals surface area (Å²) in [6.45, 7) is 4.46. The molecule has 23 heavy (non-hydrogen) atoms. The molecule has 7 nitrogen and oxygen atoms in total. The van der Waals surface area contributed by atoms with Gasteiger partial charge in [-0.05, 0) is 25.3 Å². The van der Waals surface area contributed by atoms with Crippen molar-refractivity contribution < 1.29 is 13.5 Å². The summed E-state index contributed by atoms with van der Waals surface area (Å²) >= 11 is 0. The molecule has 2 aliphatic rings. The lowest BCUT2D eigenvalue weighted by atomic mass is 10.2. The van der Waals surface area contributed by atoms with Gasteiger partial charge in [0.1, 0.15) is 0 Å². The minimum atomic E-state index is -3.40. The first kappa shape index (κ1) is 16.9. The maximum Gasteiger partial charge on any atom is 0.282 e. The van der Waals surface area contributed by atoms with Crippen molar-refractivity contribution in [2.75, 3.05) is 19.6 Å². The minimum absolute atomic E-state index is 0.336. The molecule has 1 aromatic heterocycles. The largest absolute Gasteiger partial charge is 0.387 e. The molecule has 130 valence electrons. The highest BCUT2D eigenvalue weighted by Crippen LogP contribution is 2.24. The first-order chi connectivity index (χ1) is 11.0. The molecular weight excluding hydrogens is 316 g/mol. The number of rotatable bonds is 4. The second-order valence-electron chi connectivity index (χ2n) is 6.36. The van der Waals surface area contributed by atoms with E-state index in [0.29, 0.717) is 44.8 Å². The van der Waals surface area contributed by atoms with E-state index in [9.17, 15) is 13.5 Å². The van der Waals surface area contributed by atoms with Gasteiger partial charge < -0.3 is 5.11 Å². The van der Waals surface area contributed by atoms with Crippen LogP contribution < -0.4 is 0 Å². The molecule has 1 atom stereocenters. The van der Waals surface area contributed by atoms with Crippen LogP contribution in [0.15, 0.2) is 6.07 Å². The Kier molecular flexibility index (Phi) is 5.05. The van der Waals surface area contributed by atoms with Crippen molar-refractivity contribution in [2.24, 2.45) is 0 Å². The molecule has 3 rings (SSSR count). The average Bonchev–Trinajstić information content (AvgIpc) is 2.77. The van der Waals surface area contributed by atoms with Crippen LogP contribution in [0, 0.1) is 0 Å². The van der Waals surface area contributed by atoms with Gasteiger partial charge in [0.15, 0.2) is 0 Å². The van der Waals surface area contributed by atoms with E-state index >= 15 is 0 Å². The maximum atomic E-state index is 12.9. The highest BCUT2D eigenvalue weighted by Gasteiger charge is 2.33. The monoisotopic (exact) mass is 342 g/mol. The molecule has 2 aliphatic heterocycles. The maximum absolute atomic E-state index is 12.9. The molecular formula is C15H26N4O3S. The van der Waals surface area contributed by atoms with Crippen LogP contribution in [0.4, 0.5) is 0 Å². The third kappa shape index (κ3) is 3.45. The molecule has 0 saturated carbocycles. The Labute approximate surface area is 138 Å². The highest BCUT2D eigenvalue weighted by atomic mass is 32.2. The average molecular weight is 342 g/mol. The van der Waals surface area contributed by atoms with E-state index < -0.39 is 16.3 Å². The number of aliphatic hydroxyl groups is 1. The molecule has 1 aromatic rings. The Morgan fingerprint density at radius 2 is 1.83 bits per heavy atom. The van der Waals surface area contributed by atoms with Gasteiger partial charge in [-0.3, -0.25) is 4.68 Å². The predicted octanol–water partition coefficient (Wildman–Crippen LogP) is 1.26. The van der Waals surface area contributed by atoms with E-state index in [2.05, 4.69) is 5.10 Å². The molecule has 0 spiro atoms. The topological polar surface area (TPSA) is 78.7 Å². The Morgan fingerprint density at radius 1 is 1.13 bits per heavy atom. The van der Waals surface area contributed by atoms with Gasteiger partial charge in [-0.25, -0.2) is 0 Å². The van der Waals surface area contributed by atoms with Crippen molar-refractivity contribution in [3.63, 3.8) is 0 Å².